The van der Waals surface area contributed by atoms with Gasteiger partial charge in [-0.15, -0.1) is 0 Å². The SMILES string of the molecule is NC1=NC(N)(Cc2ccccn2)N=C(N)N1. The zero-order chi connectivity index (χ0) is 11.6. The first-order chi connectivity index (χ1) is 7.57. The molecule has 2 rings (SSSR count). The second kappa shape index (κ2) is 3.78. The van der Waals surface area contributed by atoms with Crippen LogP contribution in [0.4, 0.5) is 0 Å². The van der Waals surface area contributed by atoms with Gasteiger partial charge < -0.3 is 11.5 Å². The number of hydrogen-bond acceptors (Lipinski definition) is 7. The molecule has 1 aliphatic heterocycles. The van der Waals surface area contributed by atoms with Gasteiger partial charge in [0, 0.05) is 18.3 Å². The van der Waals surface area contributed by atoms with E-state index >= 15 is 0 Å². The van der Waals surface area contributed by atoms with Crippen molar-refractivity contribution < 1.29 is 0 Å². The Morgan fingerprint density at radius 1 is 1.19 bits per heavy atom. The predicted octanol–water partition coefficient (Wildman–Crippen LogP) is -1.53. The van der Waals surface area contributed by atoms with E-state index in [9.17, 15) is 0 Å². The molecular weight excluding hydrogens is 206 g/mol. The number of rotatable bonds is 2. The van der Waals surface area contributed by atoms with E-state index in [4.69, 9.17) is 17.2 Å². The van der Waals surface area contributed by atoms with Gasteiger partial charge in [-0.25, -0.2) is 9.98 Å². The highest BCUT2D eigenvalue weighted by Crippen LogP contribution is 2.13. The van der Waals surface area contributed by atoms with Gasteiger partial charge in [-0.2, -0.15) is 0 Å². The van der Waals surface area contributed by atoms with Crippen molar-refractivity contribution in [1.29, 1.82) is 0 Å². The minimum Gasteiger partial charge on any atom is -0.370 e. The second-order valence-corrected chi connectivity index (χ2v) is 3.50. The molecule has 0 aliphatic carbocycles. The smallest absolute Gasteiger partial charge is 0.215 e. The summed E-state index contributed by atoms with van der Waals surface area (Å²) in [5.41, 5.74) is 17.8. The average Bonchev–Trinajstić information content (AvgIpc) is 2.15. The monoisotopic (exact) mass is 219 g/mol. The van der Waals surface area contributed by atoms with Crippen LogP contribution < -0.4 is 22.5 Å². The Labute approximate surface area is 92.5 Å². The van der Waals surface area contributed by atoms with Crippen LogP contribution in [-0.2, 0) is 6.42 Å². The number of aromatic nitrogens is 1. The quantitative estimate of drug-likeness (QED) is 0.479. The van der Waals surface area contributed by atoms with E-state index in [1.54, 1.807) is 6.20 Å². The number of pyridine rings is 1. The van der Waals surface area contributed by atoms with Crippen molar-refractivity contribution in [2.75, 3.05) is 0 Å². The molecule has 1 aliphatic rings. The fraction of sp³-hybridized carbons (Fsp3) is 0.222. The van der Waals surface area contributed by atoms with Gasteiger partial charge in [0.2, 0.25) is 5.79 Å². The maximum atomic E-state index is 5.96. The highest BCUT2D eigenvalue weighted by Gasteiger charge is 2.28. The molecule has 0 saturated carbocycles. The largest absolute Gasteiger partial charge is 0.370 e. The number of guanidine groups is 2. The third kappa shape index (κ3) is 2.26. The van der Waals surface area contributed by atoms with Gasteiger partial charge in [0.15, 0.2) is 11.9 Å². The number of nitrogens with one attached hydrogen (secondary N) is 1. The zero-order valence-corrected chi connectivity index (χ0v) is 8.59. The minimum absolute atomic E-state index is 0.158. The van der Waals surface area contributed by atoms with Gasteiger partial charge in [0.1, 0.15) is 0 Å². The minimum atomic E-state index is -1.17. The number of nitrogens with zero attached hydrogens (tertiary/aromatic N) is 3. The second-order valence-electron chi connectivity index (χ2n) is 3.50. The third-order valence-corrected chi connectivity index (χ3v) is 2.05. The molecule has 0 atom stereocenters. The lowest BCUT2D eigenvalue weighted by atomic mass is 10.2. The topological polar surface area (TPSA) is 128 Å². The van der Waals surface area contributed by atoms with Crippen LogP contribution in [-0.4, -0.2) is 22.7 Å². The summed E-state index contributed by atoms with van der Waals surface area (Å²) in [6.45, 7) is 0. The lowest BCUT2D eigenvalue weighted by Crippen LogP contribution is -2.53. The molecule has 0 bridgehead atoms. The molecule has 1 aromatic rings. The summed E-state index contributed by atoms with van der Waals surface area (Å²) in [5, 5.41) is 2.58. The Hall–Kier alpha value is -2.15. The maximum Gasteiger partial charge on any atom is 0.215 e. The summed E-state index contributed by atoms with van der Waals surface area (Å²) in [7, 11) is 0. The van der Waals surface area contributed by atoms with E-state index in [1.165, 1.54) is 0 Å². The van der Waals surface area contributed by atoms with Crippen molar-refractivity contribution in [1.82, 2.24) is 10.3 Å². The molecule has 7 nitrogen and oxygen atoms in total. The molecule has 7 N–H and O–H groups in total. The van der Waals surface area contributed by atoms with Gasteiger partial charge in [0.05, 0.1) is 0 Å². The van der Waals surface area contributed by atoms with Crippen molar-refractivity contribution in [2.24, 2.45) is 27.2 Å². The molecule has 84 valence electrons. The van der Waals surface area contributed by atoms with E-state index in [2.05, 4.69) is 20.3 Å². The number of aliphatic imine (C=N–C) groups is 2. The summed E-state index contributed by atoms with van der Waals surface area (Å²) < 4.78 is 0. The highest BCUT2D eigenvalue weighted by molar-refractivity contribution is 5.98. The molecule has 0 saturated heterocycles. The van der Waals surface area contributed by atoms with E-state index in [0.717, 1.165) is 5.69 Å². The van der Waals surface area contributed by atoms with Crippen molar-refractivity contribution in [3.63, 3.8) is 0 Å². The van der Waals surface area contributed by atoms with Gasteiger partial charge in [-0.1, -0.05) is 6.07 Å². The fourth-order valence-electron chi connectivity index (χ4n) is 1.48. The van der Waals surface area contributed by atoms with Crippen LogP contribution in [0.2, 0.25) is 0 Å². The summed E-state index contributed by atoms with van der Waals surface area (Å²) >= 11 is 0. The Morgan fingerprint density at radius 2 is 1.88 bits per heavy atom. The number of hydrogen-bond donors (Lipinski definition) is 4. The van der Waals surface area contributed by atoms with E-state index < -0.39 is 5.79 Å². The summed E-state index contributed by atoms with van der Waals surface area (Å²) in [4.78, 5) is 12.2. The van der Waals surface area contributed by atoms with E-state index in [-0.39, 0.29) is 11.9 Å². The van der Waals surface area contributed by atoms with E-state index in [0.29, 0.717) is 6.42 Å². The van der Waals surface area contributed by atoms with Crippen LogP contribution in [0, 0.1) is 0 Å². The van der Waals surface area contributed by atoms with Crippen LogP contribution in [0.1, 0.15) is 5.69 Å². The first-order valence-electron chi connectivity index (χ1n) is 4.74. The predicted molar refractivity (Wildman–Crippen MR) is 61.2 cm³/mol. The Balaban J connectivity index is 2.23. The average molecular weight is 219 g/mol. The Bertz CT molecular complexity index is 418. The summed E-state index contributed by atoms with van der Waals surface area (Å²) in [6, 6.07) is 5.53. The molecule has 7 heteroatoms. The molecule has 0 aromatic carbocycles. The molecule has 0 fully saturated rings. The molecular formula is C9H13N7. The van der Waals surface area contributed by atoms with E-state index in [1.807, 2.05) is 18.2 Å². The van der Waals surface area contributed by atoms with Gasteiger partial charge >= 0.3 is 0 Å². The molecule has 1 aromatic heterocycles. The first-order valence-corrected chi connectivity index (χ1v) is 4.74. The normalized spacial score (nSPS) is 18.3. The third-order valence-electron chi connectivity index (χ3n) is 2.05. The molecule has 0 unspecified atom stereocenters. The fourth-order valence-corrected chi connectivity index (χ4v) is 1.48. The molecule has 0 spiro atoms. The van der Waals surface area contributed by atoms with Crippen LogP contribution in [0.25, 0.3) is 0 Å². The Kier molecular flexibility index (Phi) is 2.45. The zero-order valence-electron chi connectivity index (χ0n) is 8.59. The molecule has 2 heterocycles. The van der Waals surface area contributed by atoms with Crippen LogP contribution in [0.3, 0.4) is 0 Å². The molecule has 16 heavy (non-hydrogen) atoms. The van der Waals surface area contributed by atoms with Crippen molar-refractivity contribution in [3.05, 3.63) is 30.1 Å². The highest BCUT2D eigenvalue weighted by atomic mass is 15.4. The van der Waals surface area contributed by atoms with Crippen molar-refractivity contribution >= 4 is 11.9 Å². The number of nitrogens with two attached hydrogens (primary N) is 3. The van der Waals surface area contributed by atoms with Gasteiger partial charge in [0.25, 0.3) is 0 Å². The lowest BCUT2D eigenvalue weighted by molar-refractivity contribution is 0.452. The van der Waals surface area contributed by atoms with Gasteiger partial charge in [-0.05, 0) is 12.1 Å². The van der Waals surface area contributed by atoms with Crippen molar-refractivity contribution in [3.8, 4) is 0 Å². The maximum absolute atomic E-state index is 5.96. The van der Waals surface area contributed by atoms with Crippen LogP contribution >= 0.6 is 0 Å². The lowest BCUT2D eigenvalue weighted by Gasteiger charge is -2.25. The summed E-state index contributed by atoms with van der Waals surface area (Å²) in [6.07, 6.45) is 2.02. The van der Waals surface area contributed by atoms with Gasteiger partial charge in [-0.3, -0.25) is 16.0 Å². The van der Waals surface area contributed by atoms with Crippen LogP contribution in [0.5, 0.6) is 0 Å². The van der Waals surface area contributed by atoms with Crippen LogP contribution in [0.15, 0.2) is 34.4 Å². The summed E-state index contributed by atoms with van der Waals surface area (Å²) in [5.74, 6) is -0.856. The standard InChI is InChI=1S/C9H13N7/c10-7-14-8(11)16-9(12,15-7)5-6-3-1-2-4-13-6/h1-4H,5,12H2,(H5,10,11,14,15,16). The first kappa shape index (κ1) is 10.4. The molecule has 0 amide bonds. The molecule has 0 radical (unpaired) electrons. The van der Waals surface area contributed by atoms with Crippen molar-refractivity contribution in [2.45, 2.75) is 12.2 Å². The Morgan fingerprint density at radius 3 is 2.44 bits per heavy atom.